The molecule has 23 heavy (non-hydrogen) atoms. The quantitative estimate of drug-likeness (QED) is 0.618. The Morgan fingerprint density at radius 2 is 1.78 bits per heavy atom. The molecule has 4 nitrogen and oxygen atoms in total. The van der Waals surface area contributed by atoms with Gasteiger partial charge >= 0.3 is 0 Å². The van der Waals surface area contributed by atoms with Crippen molar-refractivity contribution in [3.05, 3.63) is 30.1 Å². The summed E-state index contributed by atoms with van der Waals surface area (Å²) in [5.41, 5.74) is -0.410. The Bertz CT molecular complexity index is 578. The van der Waals surface area contributed by atoms with E-state index < -0.39 is 5.41 Å². The molecule has 1 saturated heterocycles. The smallest absolute Gasteiger partial charge is 0.235 e. The van der Waals surface area contributed by atoms with Crippen LogP contribution in [0.2, 0.25) is 0 Å². The van der Waals surface area contributed by atoms with Crippen molar-refractivity contribution in [2.75, 3.05) is 13.2 Å². The van der Waals surface area contributed by atoms with Crippen LogP contribution in [0.3, 0.4) is 0 Å². The highest BCUT2D eigenvalue weighted by Crippen LogP contribution is 2.45. The van der Waals surface area contributed by atoms with Crippen molar-refractivity contribution in [3.63, 3.8) is 0 Å². The van der Waals surface area contributed by atoms with E-state index >= 15 is 0 Å². The van der Waals surface area contributed by atoms with Crippen LogP contribution < -0.4 is 4.74 Å². The Hall–Kier alpha value is -1.91. The van der Waals surface area contributed by atoms with Crippen molar-refractivity contribution in [2.24, 2.45) is 5.41 Å². The van der Waals surface area contributed by atoms with Gasteiger partial charge in [-0.15, -0.1) is 0 Å². The minimum atomic E-state index is -0.410. The zero-order valence-corrected chi connectivity index (χ0v) is 13.2. The van der Waals surface area contributed by atoms with Crippen molar-refractivity contribution in [3.8, 4) is 5.75 Å². The maximum Gasteiger partial charge on any atom is 0.235 e. The number of benzene rings is 1. The maximum atomic E-state index is 12.8. The van der Waals surface area contributed by atoms with Crippen LogP contribution in [0.4, 0.5) is 4.39 Å². The molecule has 0 aromatic heterocycles. The van der Waals surface area contributed by atoms with Gasteiger partial charge in [0.15, 0.2) is 0 Å². The molecule has 1 saturated carbocycles. The number of carbonyl (C=O) groups excluding carboxylic acids is 2. The summed E-state index contributed by atoms with van der Waals surface area (Å²) in [5.74, 6) is 0.264. The van der Waals surface area contributed by atoms with Crippen LogP contribution in [0.25, 0.3) is 0 Å². The summed E-state index contributed by atoms with van der Waals surface area (Å²) < 4.78 is 18.3. The van der Waals surface area contributed by atoms with Crippen molar-refractivity contribution >= 4 is 11.8 Å². The van der Waals surface area contributed by atoms with Gasteiger partial charge < -0.3 is 4.74 Å². The van der Waals surface area contributed by atoms with Gasteiger partial charge in [0.1, 0.15) is 11.6 Å². The van der Waals surface area contributed by atoms with Crippen molar-refractivity contribution < 1.29 is 18.7 Å². The molecule has 0 radical (unpaired) electrons. The molecule has 2 fully saturated rings. The molecular formula is C18H22FNO3. The number of likely N-dealkylation sites (tertiary alicyclic amines) is 1. The molecule has 0 unspecified atom stereocenters. The second kappa shape index (κ2) is 6.69. The van der Waals surface area contributed by atoms with Gasteiger partial charge in [0.2, 0.25) is 11.8 Å². The van der Waals surface area contributed by atoms with Crippen LogP contribution in [-0.2, 0) is 9.59 Å². The fourth-order valence-corrected chi connectivity index (χ4v) is 3.65. The highest BCUT2D eigenvalue weighted by Gasteiger charge is 2.51. The van der Waals surface area contributed by atoms with Crippen LogP contribution in [0, 0.1) is 11.2 Å². The van der Waals surface area contributed by atoms with Gasteiger partial charge in [-0.2, -0.15) is 0 Å². The van der Waals surface area contributed by atoms with Crippen LogP contribution >= 0.6 is 0 Å². The summed E-state index contributed by atoms with van der Waals surface area (Å²) in [6, 6.07) is 5.82. The van der Waals surface area contributed by atoms with E-state index in [2.05, 4.69) is 0 Å². The molecule has 0 N–H and O–H groups in total. The predicted octanol–water partition coefficient (Wildman–Crippen LogP) is 3.30. The topological polar surface area (TPSA) is 46.6 Å². The van der Waals surface area contributed by atoms with E-state index in [9.17, 15) is 14.0 Å². The van der Waals surface area contributed by atoms with E-state index in [0.29, 0.717) is 31.7 Å². The number of carbonyl (C=O) groups is 2. The molecule has 1 aliphatic heterocycles. The SMILES string of the molecule is O=C1CC2(CCCCC2)C(=O)N1CCCOc1ccc(F)cc1. The summed E-state index contributed by atoms with van der Waals surface area (Å²) in [4.78, 5) is 26.2. The Labute approximate surface area is 135 Å². The molecule has 3 rings (SSSR count). The van der Waals surface area contributed by atoms with Gasteiger partial charge in [0.25, 0.3) is 0 Å². The number of ether oxygens (including phenoxy) is 1. The Morgan fingerprint density at radius 3 is 2.48 bits per heavy atom. The monoisotopic (exact) mass is 319 g/mol. The van der Waals surface area contributed by atoms with Crippen LogP contribution in [0.5, 0.6) is 5.75 Å². The lowest BCUT2D eigenvalue weighted by Crippen LogP contribution is -2.37. The first-order valence-electron chi connectivity index (χ1n) is 8.34. The maximum absolute atomic E-state index is 12.8. The minimum Gasteiger partial charge on any atom is -0.494 e. The van der Waals surface area contributed by atoms with Crippen molar-refractivity contribution in [1.29, 1.82) is 0 Å². The largest absolute Gasteiger partial charge is 0.494 e. The molecule has 5 heteroatoms. The van der Waals surface area contributed by atoms with Gasteiger partial charge in [-0.1, -0.05) is 19.3 Å². The van der Waals surface area contributed by atoms with Crippen molar-refractivity contribution in [2.45, 2.75) is 44.9 Å². The Balaban J connectivity index is 1.49. The van der Waals surface area contributed by atoms with Crippen LogP contribution in [0.15, 0.2) is 24.3 Å². The van der Waals surface area contributed by atoms with E-state index in [4.69, 9.17) is 4.74 Å². The number of halogens is 1. The van der Waals surface area contributed by atoms with Gasteiger partial charge in [0.05, 0.1) is 12.0 Å². The zero-order chi connectivity index (χ0) is 16.3. The summed E-state index contributed by atoms with van der Waals surface area (Å²) in [6.45, 7) is 0.802. The second-order valence-corrected chi connectivity index (χ2v) is 6.52. The van der Waals surface area contributed by atoms with Crippen LogP contribution in [-0.4, -0.2) is 29.9 Å². The number of rotatable bonds is 5. The molecule has 0 atom stereocenters. The molecule has 0 bridgehead atoms. The summed E-state index contributed by atoms with van der Waals surface area (Å²) in [5, 5.41) is 0. The average molecular weight is 319 g/mol. The third-order valence-electron chi connectivity index (χ3n) is 4.91. The van der Waals surface area contributed by atoms with Gasteiger partial charge in [0, 0.05) is 13.0 Å². The number of hydrogen-bond donors (Lipinski definition) is 0. The average Bonchev–Trinajstić information content (AvgIpc) is 2.77. The third kappa shape index (κ3) is 3.38. The number of amides is 2. The molecular weight excluding hydrogens is 297 g/mol. The molecule has 1 heterocycles. The van der Waals surface area contributed by atoms with E-state index in [1.165, 1.54) is 17.0 Å². The zero-order valence-electron chi connectivity index (χ0n) is 13.2. The van der Waals surface area contributed by atoms with Gasteiger partial charge in [-0.3, -0.25) is 14.5 Å². The molecule has 1 spiro atoms. The first-order valence-corrected chi connectivity index (χ1v) is 8.34. The molecule has 2 aliphatic rings. The third-order valence-corrected chi connectivity index (χ3v) is 4.91. The molecule has 2 amide bonds. The van der Waals surface area contributed by atoms with Crippen LogP contribution in [0.1, 0.15) is 44.9 Å². The Morgan fingerprint density at radius 1 is 1.09 bits per heavy atom. The first-order chi connectivity index (χ1) is 11.1. The van der Waals surface area contributed by atoms with Gasteiger partial charge in [-0.05, 0) is 43.5 Å². The lowest BCUT2D eigenvalue weighted by molar-refractivity contribution is -0.142. The molecule has 1 aromatic carbocycles. The van der Waals surface area contributed by atoms with E-state index in [1.54, 1.807) is 12.1 Å². The van der Waals surface area contributed by atoms with E-state index in [1.807, 2.05) is 0 Å². The lowest BCUT2D eigenvalue weighted by atomic mass is 9.73. The molecule has 1 aliphatic carbocycles. The second-order valence-electron chi connectivity index (χ2n) is 6.52. The summed E-state index contributed by atoms with van der Waals surface area (Å²) >= 11 is 0. The molecule has 1 aromatic rings. The number of hydrogen-bond acceptors (Lipinski definition) is 3. The summed E-state index contributed by atoms with van der Waals surface area (Å²) in [7, 11) is 0. The van der Waals surface area contributed by atoms with E-state index in [-0.39, 0.29) is 17.6 Å². The van der Waals surface area contributed by atoms with E-state index in [0.717, 1.165) is 32.1 Å². The summed E-state index contributed by atoms with van der Waals surface area (Å²) in [6.07, 6.45) is 5.91. The highest BCUT2D eigenvalue weighted by molar-refractivity contribution is 6.05. The first kappa shape index (κ1) is 16.0. The molecule has 124 valence electrons. The highest BCUT2D eigenvalue weighted by atomic mass is 19.1. The van der Waals surface area contributed by atoms with Gasteiger partial charge in [-0.25, -0.2) is 4.39 Å². The Kier molecular flexibility index (Phi) is 4.64. The minimum absolute atomic E-state index is 0.0176. The predicted molar refractivity (Wildman–Crippen MR) is 83.4 cm³/mol. The lowest BCUT2D eigenvalue weighted by Gasteiger charge is -2.30. The fourth-order valence-electron chi connectivity index (χ4n) is 3.65. The van der Waals surface area contributed by atoms with Crippen molar-refractivity contribution in [1.82, 2.24) is 4.90 Å². The fraction of sp³-hybridized carbons (Fsp3) is 0.556. The number of nitrogens with zero attached hydrogens (tertiary/aromatic N) is 1. The normalized spacial score (nSPS) is 20.3. The standard InChI is InChI=1S/C18H22FNO3/c19-14-5-7-15(8-6-14)23-12-4-11-20-16(21)13-18(17(20)22)9-2-1-3-10-18/h5-8H,1-4,9-13H2. The number of imide groups is 1.